The van der Waals surface area contributed by atoms with Gasteiger partial charge in [0.05, 0.1) is 31.2 Å². The standard InChI is InChI=1S/C32H44N2O5/c1-2-9-27(32(38)34-29(22-36)18-24-10-5-3-6-11-24)20-31(37)33-28(21-35)19-25-14-16-30(17-15-25)39-23-26-12-7-4-8-13-26/h2,4,7-8,12-17,24,27-29,35-36H,1,3,5-6,9-11,18-23H2,(H,33,37)(H,34,38)/t27-,28-,29-/m0/s1. The van der Waals surface area contributed by atoms with Gasteiger partial charge >= 0.3 is 0 Å². The van der Waals surface area contributed by atoms with Crippen molar-refractivity contribution in [1.29, 1.82) is 0 Å². The molecule has 2 aromatic carbocycles. The van der Waals surface area contributed by atoms with Crippen LogP contribution in [-0.4, -0.2) is 47.3 Å². The van der Waals surface area contributed by atoms with Crippen LogP contribution in [0.1, 0.15) is 62.5 Å². The van der Waals surface area contributed by atoms with Crippen LogP contribution < -0.4 is 15.4 Å². The van der Waals surface area contributed by atoms with Gasteiger partial charge in [-0.1, -0.05) is 80.6 Å². The monoisotopic (exact) mass is 536 g/mol. The van der Waals surface area contributed by atoms with Gasteiger partial charge in [0, 0.05) is 6.42 Å². The van der Waals surface area contributed by atoms with Crippen LogP contribution in [0.4, 0.5) is 0 Å². The number of hydrogen-bond acceptors (Lipinski definition) is 5. The van der Waals surface area contributed by atoms with E-state index in [1.807, 2.05) is 54.6 Å². The van der Waals surface area contributed by atoms with Crippen molar-refractivity contribution >= 4 is 11.8 Å². The van der Waals surface area contributed by atoms with Gasteiger partial charge in [0.1, 0.15) is 12.4 Å². The summed E-state index contributed by atoms with van der Waals surface area (Å²) in [6.45, 7) is 3.89. The number of ether oxygens (including phenoxy) is 1. The van der Waals surface area contributed by atoms with Crippen LogP contribution in [0, 0.1) is 11.8 Å². The molecule has 0 heterocycles. The number of amides is 2. The van der Waals surface area contributed by atoms with E-state index in [4.69, 9.17) is 4.74 Å². The number of aliphatic hydroxyl groups excluding tert-OH is 2. The molecule has 4 N–H and O–H groups in total. The Hall–Kier alpha value is -3.16. The Kier molecular flexibility index (Phi) is 13.0. The summed E-state index contributed by atoms with van der Waals surface area (Å²) in [6.07, 6.45) is 9.13. The number of nitrogens with one attached hydrogen (secondary N) is 2. The maximum absolute atomic E-state index is 13.0. The Morgan fingerprint density at radius 3 is 2.26 bits per heavy atom. The molecule has 0 bridgehead atoms. The molecule has 1 aliphatic rings. The minimum atomic E-state index is -0.580. The molecular weight excluding hydrogens is 492 g/mol. The molecule has 0 aliphatic heterocycles. The van der Waals surface area contributed by atoms with E-state index in [-0.39, 0.29) is 37.5 Å². The van der Waals surface area contributed by atoms with Gasteiger partial charge in [-0.25, -0.2) is 0 Å². The summed E-state index contributed by atoms with van der Waals surface area (Å²) in [4.78, 5) is 25.8. The fourth-order valence-electron chi connectivity index (χ4n) is 5.23. The van der Waals surface area contributed by atoms with E-state index in [9.17, 15) is 19.8 Å². The van der Waals surface area contributed by atoms with E-state index in [1.54, 1.807) is 6.08 Å². The largest absolute Gasteiger partial charge is 0.489 e. The third kappa shape index (κ3) is 10.9. The van der Waals surface area contributed by atoms with E-state index in [0.29, 0.717) is 25.4 Å². The zero-order valence-electron chi connectivity index (χ0n) is 22.9. The number of carbonyl (C=O) groups is 2. The number of benzene rings is 2. The van der Waals surface area contributed by atoms with Crippen LogP contribution in [0.3, 0.4) is 0 Å². The second kappa shape index (κ2) is 16.7. The zero-order valence-corrected chi connectivity index (χ0v) is 22.9. The molecule has 3 rings (SSSR count). The van der Waals surface area contributed by atoms with Gasteiger partial charge in [-0.2, -0.15) is 0 Å². The summed E-state index contributed by atoms with van der Waals surface area (Å²) in [7, 11) is 0. The van der Waals surface area contributed by atoms with E-state index >= 15 is 0 Å². The molecule has 7 heteroatoms. The molecule has 1 saturated carbocycles. The van der Waals surface area contributed by atoms with Crippen LogP contribution in [0.5, 0.6) is 5.75 Å². The van der Waals surface area contributed by atoms with Crippen LogP contribution in [0.25, 0.3) is 0 Å². The summed E-state index contributed by atoms with van der Waals surface area (Å²) < 4.78 is 5.83. The highest BCUT2D eigenvalue weighted by Crippen LogP contribution is 2.27. The average Bonchev–Trinajstić information content (AvgIpc) is 2.96. The lowest BCUT2D eigenvalue weighted by atomic mass is 9.85. The molecule has 212 valence electrons. The summed E-state index contributed by atoms with van der Waals surface area (Å²) in [5.74, 6) is 0.142. The van der Waals surface area contributed by atoms with Crippen molar-refractivity contribution in [2.75, 3.05) is 13.2 Å². The Bertz CT molecular complexity index is 1000. The lowest BCUT2D eigenvalue weighted by Crippen LogP contribution is -2.45. The number of hydrogen-bond donors (Lipinski definition) is 4. The molecule has 1 aliphatic carbocycles. The van der Waals surface area contributed by atoms with Crippen LogP contribution in [-0.2, 0) is 22.6 Å². The second-order valence-corrected chi connectivity index (χ2v) is 10.6. The summed E-state index contributed by atoms with van der Waals surface area (Å²) in [5.41, 5.74) is 2.04. The zero-order chi connectivity index (χ0) is 27.9. The predicted molar refractivity (Wildman–Crippen MR) is 153 cm³/mol. The Labute approximate surface area is 232 Å². The third-order valence-electron chi connectivity index (χ3n) is 7.40. The first-order valence-electron chi connectivity index (χ1n) is 14.2. The highest BCUT2D eigenvalue weighted by Gasteiger charge is 2.26. The molecule has 2 aromatic rings. The van der Waals surface area contributed by atoms with Gasteiger partial charge in [0.25, 0.3) is 0 Å². The van der Waals surface area contributed by atoms with Crippen molar-refractivity contribution in [2.45, 2.75) is 76.5 Å². The maximum Gasteiger partial charge on any atom is 0.224 e. The summed E-state index contributed by atoms with van der Waals surface area (Å²) in [5, 5.41) is 25.6. The van der Waals surface area contributed by atoms with E-state index < -0.39 is 12.0 Å². The summed E-state index contributed by atoms with van der Waals surface area (Å²) >= 11 is 0. The highest BCUT2D eigenvalue weighted by molar-refractivity contribution is 5.86. The van der Waals surface area contributed by atoms with E-state index in [0.717, 1.165) is 36.1 Å². The fraction of sp³-hybridized carbons (Fsp3) is 0.500. The van der Waals surface area contributed by atoms with Gasteiger partial charge in [-0.3, -0.25) is 9.59 Å². The third-order valence-corrected chi connectivity index (χ3v) is 7.40. The van der Waals surface area contributed by atoms with Crippen molar-refractivity contribution in [3.63, 3.8) is 0 Å². The first-order chi connectivity index (χ1) is 19.0. The molecule has 0 radical (unpaired) electrons. The van der Waals surface area contributed by atoms with Crippen molar-refractivity contribution in [1.82, 2.24) is 10.6 Å². The van der Waals surface area contributed by atoms with Gasteiger partial charge in [-0.15, -0.1) is 6.58 Å². The Morgan fingerprint density at radius 2 is 1.62 bits per heavy atom. The first-order valence-corrected chi connectivity index (χ1v) is 14.2. The van der Waals surface area contributed by atoms with Gasteiger partial charge in [-0.05, 0) is 48.4 Å². The second-order valence-electron chi connectivity index (χ2n) is 10.6. The normalized spacial score (nSPS) is 16.1. The van der Waals surface area contributed by atoms with Crippen molar-refractivity contribution in [2.24, 2.45) is 11.8 Å². The SMILES string of the molecule is C=CC[C@@H](CC(=O)N[C@H](CO)Cc1ccc(OCc2ccccc2)cc1)C(=O)N[C@H](CO)CC1CCCCC1. The van der Waals surface area contributed by atoms with Crippen molar-refractivity contribution in [3.05, 3.63) is 78.4 Å². The minimum absolute atomic E-state index is 0.0117. The smallest absolute Gasteiger partial charge is 0.224 e. The van der Waals surface area contributed by atoms with E-state index in [2.05, 4.69) is 17.2 Å². The maximum atomic E-state index is 13.0. The number of carbonyl (C=O) groups excluding carboxylic acids is 2. The molecular formula is C32H44N2O5. The van der Waals surface area contributed by atoms with Crippen LogP contribution >= 0.6 is 0 Å². The lowest BCUT2D eigenvalue weighted by Gasteiger charge is -2.27. The molecule has 7 nitrogen and oxygen atoms in total. The predicted octanol–water partition coefficient (Wildman–Crippen LogP) is 4.32. The van der Waals surface area contributed by atoms with Crippen LogP contribution in [0.2, 0.25) is 0 Å². The molecule has 0 saturated heterocycles. The average molecular weight is 537 g/mol. The van der Waals surface area contributed by atoms with Crippen LogP contribution in [0.15, 0.2) is 67.3 Å². The first kappa shape index (κ1) is 30.4. The fourth-order valence-corrected chi connectivity index (χ4v) is 5.23. The Morgan fingerprint density at radius 1 is 0.923 bits per heavy atom. The topological polar surface area (TPSA) is 108 Å². The molecule has 0 aromatic heterocycles. The number of aliphatic hydroxyl groups is 2. The molecule has 3 atom stereocenters. The van der Waals surface area contributed by atoms with Crippen molar-refractivity contribution in [3.8, 4) is 5.75 Å². The minimum Gasteiger partial charge on any atom is -0.489 e. The number of allylic oxidation sites excluding steroid dienone is 1. The van der Waals surface area contributed by atoms with Gasteiger partial charge < -0.3 is 25.6 Å². The lowest BCUT2D eigenvalue weighted by molar-refractivity contribution is -0.131. The van der Waals surface area contributed by atoms with Gasteiger partial charge in [0.2, 0.25) is 11.8 Å². The molecule has 0 unspecified atom stereocenters. The van der Waals surface area contributed by atoms with Gasteiger partial charge in [0.15, 0.2) is 0 Å². The molecule has 2 amide bonds. The highest BCUT2D eigenvalue weighted by atomic mass is 16.5. The van der Waals surface area contributed by atoms with E-state index in [1.165, 1.54) is 19.3 Å². The molecule has 0 spiro atoms. The Balaban J connectivity index is 1.47. The van der Waals surface area contributed by atoms with Crippen molar-refractivity contribution < 1.29 is 24.5 Å². The summed E-state index contributed by atoms with van der Waals surface area (Å²) in [6, 6.07) is 16.8. The molecule has 1 fully saturated rings. The molecule has 39 heavy (non-hydrogen) atoms. The quantitative estimate of drug-likeness (QED) is 0.239. The number of rotatable bonds is 16.